The van der Waals surface area contributed by atoms with Crippen LogP contribution in [0.3, 0.4) is 0 Å². The highest BCUT2D eigenvalue weighted by molar-refractivity contribution is 8.00. The van der Waals surface area contributed by atoms with Crippen molar-refractivity contribution in [3.63, 3.8) is 0 Å². The first-order chi connectivity index (χ1) is 8.08. The van der Waals surface area contributed by atoms with E-state index in [9.17, 15) is 13.9 Å². The maximum Gasteiger partial charge on any atom is 0.136 e. The third-order valence-corrected chi connectivity index (χ3v) is 3.56. The molecule has 0 saturated carbocycles. The van der Waals surface area contributed by atoms with E-state index < -0.39 is 22.9 Å². The molecule has 0 fully saturated rings. The highest BCUT2D eigenvalue weighted by Gasteiger charge is 2.20. The van der Waals surface area contributed by atoms with E-state index in [2.05, 4.69) is 0 Å². The van der Waals surface area contributed by atoms with Crippen molar-refractivity contribution in [2.24, 2.45) is 5.73 Å². The normalized spacial score (nSPS) is 14.6. The zero-order valence-corrected chi connectivity index (χ0v) is 10.2. The van der Waals surface area contributed by atoms with Gasteiger partial charge < -0.3 is 15.6 Å². The van der Waals surface area contributed by atoms with Crippen LogP contribution in [0.15, 0.2) is 23.1 Å². The Balaban J connectivity index is 2.76. The second kappa shape index (κ2) is 6.90. The molecule has 0 aromatic heterocycles. The molecule has 0 radical (unpaired) electrons. The van der Waals surface area contributed by atoms with Crippen LogP contribution in [-0.4, -0.2) is 36.7 Å². The van der Waals surface area contributed by atoms with Crippen molar-refractivity contribution >= 4 is 11.8 Å². The SMILES string of the molecule is COCC(N)C(CO)Sc1cc(F)ccc1F. The van der Waals surface area contributed by atoms with Gasteiger partial charge in [-0.1, -0.05) is 0 Å². The minimum atomic E-state index is -0.528. The summed E-state index contributed by atoms with van der Waals surface area (Å²) in [6.45, 7) is 0.0142. The van der Waals surface area contributed by atoms with Crippen molar-refractivity contribution < 1.29 is 18.6 Å². The first-order valence-corrected chi connectivity index (χ1v) is 5.93. The fraction of sp³-hybridized carbons (Fsp3) is 0.455. The highest BCUT2D eigenvalue weighted by atomic mass is 32.2. The molecule has 0 amide bonds. The third kappa shape index (κ3) is 4.23. The number of halogens is 2. The Kier molecular flexibility index (Phi) is 5.84. The first kappa shape index (κ1) is 14.4. The molecule has 2 unspecified atom stereocenters. The standard InChI is InChI=1S/C11H15F2NO2S/c1-16-6-9(14)11(5-15)17-10-4-7(12)2-3-8(10)13/h2-4,9,11,15H,5-6,14H2,1H3. The molecule has 0 spiro atoms. The molecule has 0 aliphatic rings. The van der Waals surface area contributed by atoms with Crippen molar-refractivity contribution in [1.29, 1.82) is 0 Å². The number of aliphatic hydroxyl groups is 1. The third-order valence-electron chi connectivity index (χ3n) is 2.19. The van der Waals surface area contributed by atoms with Crippen LogP contribution in [0.4, 0.5) is 8.78 Å². The van der Waals surface area contributed by atoms with Gasteiger partial charge in [0, 0.05) is 18.0 Å². The zero-order valence-electron chi connectivity index (χ0n) is 9.40. The monoisotopic (exact) mass is 263 g/mol. The number of hydrogen-bond acceptors (Lipinski definition) is 4. The van der Waals surface area contributed by atoms with Gasteiger partial charge in [0.05, 0.1) is 18.5 Å². The molecule has 3 N–H and O–H groups in total. The molecule has 0 aliphatic heterocycles. The summed E-state index contributed by atoms with van der Waals surface area (Å²) < 4.78 is 31.2. The Morgan fingerprint density at radius 2 is 2.18 bits per heavy atom. The van der Waals surface area contributed by atoms with Gasteiger partial charge in [0.1, 0.15) is 11.6 Å². The van der Waals surface area contributed by atoms with Crippen LogP contribution in [0.1, 0.15) is 0 Å². The fourth-order valence-corrected chi connectivity index (χ4v) is 2.31. The lowest BCUT2D eigenvalue weighted by Crippen LogP contribution is -2.38. The molecule has 1 aromatic carbocycles. The van der Waals surface area contributed by atoms with Crippen molar-refractivity contribution in [1.82, 2.24) is 0 Å². The number of hydrogen-bond donors (Lipinski definition) is 2. The number of benzene rings is 1. The Hall–Kier alpha value is -0.690. The second-order valence-corrected chi connectivity index (χ2v) is 4.81. The van der Waals surface area contributed by atoms with Gasteiger partial charge in [-0.2, -0.15) is 0 Å². The number of methoxy groups -OCH3 is 1. The topological polar surface area (TPSA) is 55.5 Å². The largest absolute Gasteiger partial charge is 0.395 e. The number of ether oxygens (including phenoxy) is 1. The lowest BCUT2D eigenvalue weighted by atomic mass is 10.2. The van der Waals surface area contributed by atoms with Crippen molar-refractivity contribution in [3.8, 4) is 0 Å². The molecule has 1 rings (SSSR count). The van der Waals surface area contributed by atoms with Gasteiger partial charge >= 0.3 is 0 Å². The minimum Gasteiger partial charge on any atom is -0.395 e. The van der Waals surface area contributed by atoms with Crippen LogP contribution in [0.5, 0.6) is 0 Å². The first-order valence-electron chi connectivity index (χ1n) is 5.05. The molecular formula is C11H15F2NO2S. The van der Waals surface area contributed by atoms with Crippen molar-refractivity contribution in [2.75, 3.05) is 20.3 Å². The molecule has 0 bridgehead atoms. The summed E-state index contributed by atoms with van der Waals surface area (Å²) >= 11 is 1.01. The van der Waals surface area contributed by atoms with Crippen LogP contribution in [0.2, 0.25) is 0 Å². The lowest BCUT2D eigenvalue weighted by Gasteiger charge is -2.20. The zero-order chi connectivity index (χ0) is 12.8. The average Bonchev–Trinajstić information content (AvgIpc) is 2.30. The van der Waals surface area contributed by atoms with Gasteiger partial charge in [0.25, 0.3) is 0 Å². The van der Waals surface area contributed by atoms with Crippen molar-refractivity contribution in [2.45, 2.75) is 16.2 Å². The van der Waals surface area contributed by atoms with Gasteiger partial charge in [0.15, 0.2) is 0 Å². The summed E-state index contributed by atoms with van der Waals surface area (Å²) in [7, 11) is 1.49. The van der Waals surface area contributed by atoms with Crippen LogP contribution < -0.4 is 5.73 Å². The molecule has 2 atom stereocenters. The lowest BCUT2D eigenvalue weighted by molar-refractivity contribution is 0.167. The molecule has 1 aromatic rings. The molecule has 6 heteroatoms. The van der Waals surface area contributed by atoms with Crippen LogP contribution >= 0.6 is 11.8 Å². The molecule has 0 saturated heterocycles. The molecule has 96 valence electrons. The minimum absolute atomic E-state index is 0.135. The van der Waals surface area contributed by atoms with Gasteiger partial charge in [-0.25, -0.2) is 8.78 Å². The Labute approximate surface area is 103 Å². The Morgan fingerprint density at radius 3 is 2.76 bits per heavy atom. The van der Waals surface area contributed by atoms with Gasteiger partial charge in [-0.15, -0.1) is 11.8 Å². The van der Waals surface area contributed by atoms with E-state index in [1.165, 1.54) is 7.11 Å². The van der Waals surface area contributed by atoms with E-state index >= 15 is 0 Å². The van der Waals surface area contributed by atoms with E-state index in [0.717, 1.165) is 30.0 Å². The molecule has 0 aliphatic carbocycles. The molecular weight excluding hydrogens is 248 g/mol. The average molecular weight is 263 g/mol. The predicted molar refractivity (Wildman–Crippen MR) is 62.9 cm³/mol. The van der Waals surface area contributed by atoms with E-state index in [1.807, 2.05) is 0 Å². The number of rotatable bonds is 6. The van der Waals surface area contributed by atoms with E-state index in [0.29, 0.717) is 0 Å². The van der Waals surface area contributed by atoms with E-state index in [4.69, 9.17) is 10.5 Å². The van der Waals surface area contributed by atoms with Crippen molar-refractivity contribution in [3.05, 3.63) is 29.8 Å². The number of aliphatic hydroxyl groups excluding tert-OH is 1. The number of nitrogens with two attached hydrogens (primary N) is 1. The maximum atomic E-state index is 13.4. The summed E-state index contributed by atoms with van der Waals surface area (Å²) in [5.74, 6) is -1.05. The molecule has 17 heavy (non-hydrogen) atoms. The van der Waals surface area contributed by atoms with E-state index in [-0.39, 0.29) is 18.1 Å². The smallest absolute Gasteiger partial charge is 0.136 e. The summed E-state index contributed by atoms with van der Waals surface area (Å²) in [4.78, 5) is 0.135. The summed E-state index contributed by atoms with van der Waals surface area (Å²) in [6, 6.07) is 2.73. The van der Waals surface area contributed by atoms with E-state index in [1.54, 1.807) is 0 Å². The predicted octanol–water partition coefficient (Wildman–Crippen LogP) is 1.39. The highest BCUT2D eigenvalue weighted by Crippen LogP contribution is 2.28. The van der Waals surface area contributed by atoms with Crippen LogP contribution in [-0.2, 0) is 4.74 Å². The van der Waals surface area contributed by atoms with Gasteiger partial charge in [-0.3, -0.25) is 0 Å². The summed E-state index contributed by atoms with van der Waals surface area (Å²) in [6.07, 6.45) is 0. The number of thioether (sulfide) groups is 1. The Bertz CT molecular complexity index is 365. The quantitative estimate of drug-likeness (QED) is 0.762. The van der Waals surface area contributed by atoms with Crippen LogP contribution in [0, 0.1) is 11.6 Å². The van der Waals surface area contributed by atoms with Crippen LogP contribution in [0.25, 0.3) is 0 Å². The fourth-order valence-electron chi connectivity index (χ4n) is 1.29. The molecule has 3 nitrogen and oxygen atoms in total. The molecule has 0 heterocycles. The summed E-state index contributed by atoms with van der Waals surface area (Å²) in [5, 5.41) is 8.73. The van der Waals surface area contributed by atoms with Gasteiger partial charge in [-0.05, 0) is 18.2 Å². The maximum absolute atomic E-state index is 13.4. The second-order valence-electron chi connectivity index (χ2n) is 3.53. The Morgan fingerprint density at radius 1 is 1.47 bits per heavy atom. The van der Waals surface area contributed by atoms with Gasteiger partial charge in [0.2, 0.25) is 0 Å². The summed E-state index contributed by atoms with van der Waals surface area (Å²) in [5.41, 5.74) is 5.75.